The number of amides is 1. The number of fused-ring (bicyclic) bond motifs is 1. The van der Waals surface area contributed by atoms with Gasteiger partial charge in [0.05, 0.1) is 0 Å². The van der Waals surface area contributed by atoms with Gasteiger partial charge in [0.25, 0.3) is 5.91 Å². The molecule has 1 aliphatic carbocycles. The number of rotatable bonds is 2. The molecule has 1 fully saturated rings. The summed E-state index contributed by atoms with van der Waals surface area (Å²) < 4.78 is 5.54. The van der Waals surface area contributed by atoms with Crippen molar-refractivity contribution in [3.8, 4) is 0 Å². The van der Waals surface area contributed by atoms with Crippen LogP contribution in [0.1, 0.15) is 49.0 Å². The molecule has 1 atom stereocenters. The van der Waals surface area contributed by atoms with Crippen molar-refractivity contribution in [2.45, 2.75) is 40.0 Å². The predicted octanol–water partition coefficient (Wildman–Crippen LogP) is 3.79. The Bertz CT molecular complexity index is 799. The quantitative estimate of drug-likeness (QED) is 0.810. The number of para-hydroxylation sites is 1. The van der Waals surface area contributed by atoms with Crippen LogP contribution >= 0.6 is 0 Å². The fraction of sp³-hybridized carbons (Fsp3) is 0.545. The highest BCUT2D eigenvalue weighted by Crippen LogP contribution is 2.38. The summed E-state index contributed by atoms with van der Waals surface area (Å²) in [6.07, 6.45) is 2.89. The number of hydrogen-bond acceptors (Lipinski definition) is 4. The van der Waals surface area contributed by atoms with E-state index in [1.165, 1.54) is 5.69 Å². The van der Waals surface area contributed by atoms with Crippen LogP contribution < -0.4 is 4.90 Å². The van der Waals surface area contributed by atoms with Gasteiger partial charge in [-0.05, 0) is 36.3 Å². The maximum atomic E-state index is 13.1. The molecule has 0 unspecified atom stereocenters. The fourth-order valence-corrected chi connectivity index (χ4v) is 4.27. The minimum absolute atomic E-state index is 0.0299. The SMILES string of the molecule is CC(C)(C)[C@@H]1CCc2onc(C(=O)N3CCN(c4ccccc4)CC3)c2C1. The van der Waals surface area contributed by atoms with Crippen molar-refractivity contribution in [2.24, 2.45) is 11.3 Å². The van der Waals surface area contributed by atoms with Crippen LogP contribution in [0.15, 0.2) is 34.9 Å². The Hall–Kier alpha value is -2.30. The lowest BCUT2D eigenvalue weighted by Crippen LogP contribution is -2.49. The minimum atomic E-state index is 0.0299. The van der Waals surface area contributed by atoms with Crippen molar-refractivity contribution in [1.82, 2.24) is 10.1 Å². The van der Waals surface area contributed by atoms with E-state index in [1.54, 1.807) is 0 Å². The lowest BCUT2D eigenvalue weighted by Gasteiger charge is -2.36. The molecule has 4 rings (SSSR count). The molecule has 2 heterocycles. The van der Waals surface area contributed by atoms with Gasteiger partial charge in [-0.1, -0.05) is 44.1 Å². The molecule has 1 aromatic carbocycles. The molecule has 0 radical (unpaired) electrons. The topological polar surface area (TPSA) is 49.6 Å². The summed E-state index contributed by atoms with van der Waals surface area (Å²) in [4.78, 5) is 17.4. The number of anilines is 1. The molecule has 5 nitrogen and oxygen atoms in total. The third-order valence-corrected chi connectivity index (χ3v) is 6.16. The van der Waals surface area contributed by atoms with E-state index in [4.69, 9.17) is 4.52 Å². The summed E-state index contributed by atoms with van der Waals surface area (Å²) in [5.41, 5.74) is 3.05. The third kappa shape index (κ3) is 3.60. The van der Waals surface area contributed by atoms with Crippen LogP contribution in [-0.2, 0) is 12.8 Å². The van der Waals surface area contributed by atoms with Crippen LogP contribution in [0.5, 0.6) is 0 Å². The summed E-state index contributed by atoms with van der Waals surface area (Å²) in [6.45, 7) is 9.97. The molecule has 0 spiro atoms. The van der Waals surface area contributed by atoms with Crippen LogP contribution in [-0.4, -0.2) is 42.1 Å². The second-order valence-corrected chi connectivity index (χ2v) is 8.85. The van der Waals surface area contributed by atoms with Crippen molar-refractivity contribution in [3.63, 3.8) is 0 Å². The zero-order chi connectivity index (χ0) is 19.0. The van der Waals surface area contributed by atoms with Gasteiger partial charge in [0.15, 0.2) is 5.69 Å². The summed E-state index contributed by atoms with van der Waals surface area (Å²) in [5, 5.41) is 4.19. The van der Waals surface area contributed by atoms with Gasteiger partial charge in [0, 0.05) is 43.9 Å². The molecule has 2 aromatic rings. The normalized spacial score (nSPS) is 20.5. The number of aryl methyl sites for hydroxylation is 1. The van der Waals surface area contributed by atoms with Gasteiger partial charge in [-0.2, -0.15) is 0 Å². The van der Waals surface area contributed by atoms with E-state index in [0.29, 0.717) is 11.6 Å². The molecule has 2 aliphatic rings. The number of piperazine rings is 1. The van der Waals surface area contributed by atoms with Crippen molar-refractivity contribution >= 4 is 11.6 Å². The molecule has 1 amide bonds. The number of aromatic nitrogens is 1. The van der Waals surface area contributed by atoms with Gasteiger partial charge in [-0.3, -0.25) is 4.79 Å². The van der Waals surface area contributed by atoms with E-state index in [0.717, 1.165) is 56.8 Å². The van der Waals surface area contributed by atoms with E-state index in [9.17, 15) is 4.79 Å². The Balaban J connectivity index is 1.45. The van der Waals surface area contributed by atoms with Crippen LogP contribution in [0, 0.1) is 11.3 Å². The molecule has 0 N–H and O–H groups in total. The number of benzene rings is 1. The van der Waals surface area contributed by atoms with Crippen LogP contribution in [0.4, 0.5) is 5.69 Å². The molecule has 5 heteroatoms. The first-order valence-electron chi connectivity index (χ1n) is 10.00. The Kier molecular flexibility index (Phi) is 4.70. The predicted molar refractivity (Wildman–Crippen MR) is 106 cm³/mol. The monoisotopic (exact) mass is 367 g/mol. The molecule has 1 aromatic heterocycles. The molecule has 1 aliphatic heterocycles. The Morgan fingerprint density at radius 1 is 1.11 bits per heavy atom. The maximum absolute atomic E-state index is 13.1. The van der Waals surface area contributed by atoms with Crippen molar-refractivity contribution < 1.29 is 9.32 Å². The molecule has 0 saturated carbocycles. The first-order valence-corrected chi connectivity index (χ1v) is 10.00. The fourth-order valence-electron chi connectivity index (χ4n) is 4.27. The van der Waals surface area contributed by atoms with E-state index in [-0.39, 0.29) is 11.3 Å². The first-order chi connectivity index (χ1) is 12.9. The molecule has 27 heavy (non-hydrogen) atoms. The highest BCUT2D eigenvalue weighted by Gasteiger charge is 2.35. The van der Waals surface area contributed by atoms with Gasteiger partial charge in [0.2, 0.25) is 0 Å². The summed E-state index contributed by atoms with van der Waals surface area (Å²) in [5.74, 6) is 1.51. The number of hydrogen-bond donors (Lipinski definition) is 0. The molecule has 1 saturated heterocycles. The maximum Gasteiger partial charge on any atom is 0.276 e. The van der Waals surface area contributed by atoms with E-state index in [2.05, 4.69) is 55.1 Å². The lowest BCUT2D eigenvalue weighted by atomic mass is 9.71. The van der Waals surface area contributed by atoms with Crippen molar-refractivity contribution in [2.75, 3.05) is 31.1 Å². The van der Waals surface area contributed by atoms with E-state index >= 15 is 0 Å². The van der Waals surface area contributed by atoms with Crippen LogP contribution in [0.25, 0.3) is 0 Å². The average molecular weight is 367 g/mol. The lowest BCUT2D eigenvalue weighted by molar-refractivity contribution is 0.0734. The highest BCUT2D eigenvalue weighted by atomic mass is 16.5. The Morgan fingerprint density at radius 3 is 2.48 bits per heavy atom. The molecular weight excluding hydrogens is 338 g/mol. The number of carbonyl (C=O) groups excluding carboxylic acids is 1. The summed E-state index contributed by atoms with van der Waals surface area (Å²) in [7, 11) is 0. The van der Waals surface area contributed by atoms with E-state index in [1.807, 2.05) is 11.0 Å². The number of carbonyl (C=O) groups is 1. The minimum Gasteiger partial charge on any atom is -0.368 e. The van der Waals surface area contributed by atoms with Crippen LogP contribution in [0.3, 0.4) is 0 Å². The third-order valence-electron chi connectivity index (χ3n) is 6.16. The zero-order valence-electron chi connectivity index (χ0n) is 16.6. The summed E-state index contributed by atoms with van der Waals surface area (Å²) in [6, 6.07) is 10.4. The van der Waals surface area contributed by atoms with Gasteiger partial charge in [-0.15, -0.1) is 0 Å². The first kappa shape index (κ1) is 18.1. The van der Waals surface area contributed by atoms with E-state index < -0.39 is 0 Å². The molecule has 144 valence electrons. The zero-order valence-corrected chi connectivity index (χ0v) is 16.6. The molecular formula is C22H29N3O2. The smallest absolute Gasteiger partial charge is 0.276 e. The standard InChI is InChI=1S/C22H29N3O2/c1-22(2,3)16-9-10-19-18(15-16)20(23-27-19)21(26)25-13-11-24(12-14-25)17-7-5-4-6-8-17/h4-8,16H,9-15H2,1-3H3/t16-/m1/s1. The van der Waals surface area contributed by atoms with Gasteiger partial charge < -0.3 is 14.3 Å². The van der Waals surface area contributed by atoms with Gasteiger partial charge >= 0.3 is 0 Å². The number of nitrogens with zero attached hydrogens (tertiary/aromatic N) is 3. The Morgan fingerprint density at radius 2 is 1.81 bits per heavy atom. The van der Waals surface area contributed by atoms with Crippen molar-refractivity contribution in [3.05, 3.63) is 47.3 Å². The second kappa shape index (κ2) is 7.02. The largest absolute Gasteiger partial charge is 0.368 e. The van der Waals surface area contributed by atoms with Crippen molar-refractivity contribution in [1.29, 1.82) is 0 Å². The van der Waals surface area contributed by atoms with Gasteiger partial charge in [0.1, 0.15) is 5.76 Å². The average Bonchev–Trinajstić information content (AvgIpc) is 3.11. The Labute approximate surface area is 161 Å². The van der Waals surface area contributed by atoms with Crippen LogP contribution in [0.2, 0.25) is 0 Å². The molecule has 0 bridgehead atoms. The summed E-state index contributed by atoms with van der Waals surface area (Å²) >= 11 is 0. The van der Waals surface area contributed by atoms with Gasteiger partial charge in [-0.25, -0.2) is 0 Å². The highest BCUT2D eigenvalue weighted by molar-refractivity contribution is 5.94. The second-order valence-electron chi connectivity index (χ2n) is 8.85.